The highest BCUT2D eigenvalue weighted by Gasteiger charge is 2.26. The van der Waals surface area contributed by atoms with Crippen molar-refractivity contribution < 1.29 is 18.3 Å². The number of rotatable bonds is 5. The van der Waals surface area contributed by atoms with Crippen molar-refractivity contribution in [1.82, 2.24) is 19.4 Å². The smallest absolute Gasteiger partial charge is 0.278 e. The van der Waals surface area contributed by atoms with E-state index in [4.69, 9.17) is 16.3 Å². The molecule has 1 aliphatic rings. The highest BCUT2D eigenvalue weighted by Crippen LogP contribution is 2.29. The normalized spacial score (nSPS) is 15.7. The molecule has 0 spiro atoms. The topological polar surface area (TPSA) is 87.5 Å². The Morgan fingerprint density at radius 1 is 1.11 bits per heavy atom. The van der Waals surface area contributed by atoms with Gasteiger partial charge in [0, 0.05) is 43.7 Å². The number of halogens is 3. The average Bonchev–Trinajstić information content (AvgIpc) is 3.60. The maximum atomic E-state index is 14.4. The van der Waals surface area contributed by atoms with Gasteiger partial charge in [-0.15, -0.1) is 0 Å². The Hall–Kier alpha value is -4.02. The van der Waals surface area contributed by atoms with Crippen molar-refractivity contribution in [3.63, 3.8) is 0 Å². The van der Waals surface area contributed by atoms with Crippen LogP contribution in [0.3, 0.4) is 0 Å². The minimum atomic E-state index is -0.498. The summed E-state index contributed by atoms with van der Waals surface area (Å²) in [6.07, 6.45) is 3.66. The number of carbonyl (C=O) groups is 1. The molecule has 1 saturated heterocycles. The van der Waals surface area contributed by atoms with Gasteiger partial charge < -0.3 is 19.0 Å². The van der Waals surface area contributed by atoms with Crippen molar-refractivity contribution in [3.05, 3.63) is 77.2 Å². The minimum Gasteiger partial charge on any atom is -0.380 e. The first-order valence-corrected chi connectivity index (χ1v) is 12.0. The zero-order chi connectivity index (χ0) is 25.7. The molecule has 2 N–H and O–H groups in total. The molecule has 0 bridgehead atoms. The number of carbonyl (C=O) groups excluding carboxylic acids is 1. The highest BCUT2D eigenvalue weighted by atomic mass is 35.5. The number of imidazole rings is 2. The summed E-state index contributed by atoms with van der Waals surface area (Å²) in [7, 11) is 1.66. The lowest BCUT2D eigenvalue weighted by molar-refractivity contribution is 0.102. The number of benzene rings is 2. The lowest BCUT2D eigenvalue weighted by Crippen LogP contribution is -2.23. The Balaban J connectivity index is 1.27. The first kappa shape index (κ1) is 23.4. The second-order valence-electron chi connectivity index (χ2n) is 8.92. The molecule has 188 valence electrons. The number of anilines is 2. The summed E-state index contributed by atoms with van der Waals surface area (Å²) in [6, 6.07) is 11.1. The Morgan fingerprint density at radius 2 is 1.97 bits per heavy atom. The summed E-state index contributed by atoms with van der Waals surface area (Å²) in [6.45, 7) is 1.32. The molecule has 0 unspecified atom stereocenters. The van der Waals surface area contributed by atoms with Crippen LogP contribution < -0.4 is 10.2 Å². The number of nitrogens with one attached hydrogen (secondary N) is 2. The maximum absolute atomic E-state index is 14.4. The van der Waals surface area contributed by atoms with Gasteiger partial charge in [-0.2, -0.15) is 0 Å². The van der Waals surface area contributed by atoms with E-state index in [1.165, 1.54) is 35.0 Å². The van der Waals surface area contributed by atoms with Crippen molar-refractivity contribution in [1.29, 1.82) is 0 Å². The molecule has 3 aromatic heterocycles. The molecule has 2 aromatic carbocycles. The van der Waals surface area contributed by atoms with Gasteiger partial charge in [0.15, 0.2) is 5.65 Å². The van der Waals surface area contributed by atoms with E-state index in [0.717, 1.165) is 12.0 Å². The van der Waals surface area contributed by atoms with Crippen LogP contribution in [0, 0.1) is 11.6 Å². The third-order valence-electron chi connectivity index (χ3n) is 6.46. The average molecular weight is 523 g/mol. The molecule has 0 aliphatic carbocycles. The molecule has 0 saturated carbocycles. The molecule has 1 atom stereocenters. The number of ether oxygens (including phenoxy) is 1. The Kier molecular flexibility index (Phi) is 5.77. The summed E-state index contributed by atoms with van der Waals surface area (Å²) in [5, 5.41) is 3.01. The first-order chi connectivity index (χ1) is 17.9. The monoisotopic (exact) mass is 522 g/mol. The highest BCUT2D eigenvalue weighted by molar-refractivity contribution is 6.30. The lowest BCUT2D eigenvalue weighted by Gasteiger charge is -2.19. The van der Waals surface area contributed by atoms with Crippen LogP contribution in [0.25, 0.3) is 27.8 Å². The lowest BCUT2D eigenvalue weighted by atomic mass is 10.1. The van der Waals surface area contributed by atoms with E-state index in [9.17, 15) is 13.6 Å². The van der Waals surface area contributed by atoms with Gasteiger partial charge in [0.25, 0.3) is 5.91 Å². The van der Waals surface area contributed by atoms with Gasteiger partial charge in [0.05, 0.1) is 22.8 Å². The van der Waals surface area contributed by atoms with Crippen LogP contribution in [0.15, 0.2) is 54.9 Å². The molecule has 1 aliphatic heterocycles. The Labute approximate surface area is 214 Å². The molecular weight excluding hydrogens is 502 g/mol. The fourth-order valence-corrected chi connectivity index (χ4v) is 4.89. The maximum Gasteiger partial charge on any atom is 0.278 e. The fraction of sp³-hybridized carbons (Fsp3) is 0.192. The molecule has 8 nitrogen and oxygen atoms in total. The van der Waals surface area contributed by atoms with E-state index in [1.54, 1.807) is 25.3 Å². The number of H-pyrrole nitrogens is 1. The third-order valence-corrected chi connectivity index (χ3v) is 6.68. The first-order valence-electron chi connectivity index (χ1n) is 11.6. The Morgan fingerprint density at radius 3 is 2.76 bits per heavy atom. The standard InChI is InChI=1S/C26H21ClF2N6O2/c1-37-19-4-5-34(12-19)23-10-18(29)11-35-13-22(30-24(23)35)25(36)33-26-31-20-3-2-14(8-21(20)32-26)15-6-16(27)9-17(28)7-15/h2-3,6-11,13,19H,4-5,12H2,1H3,(H2,31,32,33,36)/t19-/m0/s1. The summed E-state index contributed by atoms with van der Waals surface area (Å²) in [4.78, 5) is 27.0. The second kappa shape index (κ2) is 9.13. The fourth-order valence-electron chi connectivity index (χ4n) is 4.66. The number of nitrogens with zero attached hydrogens (tertiary/aromatic N) is 4. The number of aromatic nitrogens is 4. The van der Waals surface area contributed by atoms with E-state index >= 15 is 0 Å². The molecule has 0 radical (unpaired) electrons. The van der Waals surface area contributed by atoms with Gasteiger partial charge in [-0.05, 0) is 47.9 Å². The van der Waals surface area contributed by atoms with Crippen molar-refractivity contribution in [3.8, 4) is 11.1 Å². The van der Waals surface area contributed by atoms with Crippen molar-refractivity contribution >= 4 is 45.8 Å². The summed E-state index contributed by atoms with van der Waals surface area (Å²) in [5.41, 5.74) is 3.80. The second-order valence-corrected chi connectivity index (χ2v) is 9.36. The number of hydrogen-bond acceptors (Lipinski definition) is 5. The van der Waals surface area contributed by atoms with Crippen molar-refractivity contribution in [2.75, 3.05) is 30.4 Å². The summed E-state index contributed by atoms with van der Waals surface area (Å²) >= 11 is 5.99. The van der Waals surface area contributed by atoms with Gasteiger partial charge >= 0.3 is 0 Å². The number of amides is 1. The van der Waals surface area contributed by atoms with Crippen molar-refractivity contribution in [2.45, 2.75) is 12.5 Å². The molecule has 5 aromatic rings. The largest absolute Gasteiger partial charge is 0.380 e. The molecule has 37 heavy (non-hydrogen) atoms. The SMILES string of the molecule is CO[C@H]1CCN(c2cc(F)cn3cc(C(=O)Nc4nc5cc(-c6cc(F)cc(Cl)c6)ccc5[nH]4)nc23)C1. The van der Waals surface area contributed by atoms with Crippen LogP contribution in [0.2, 0.25) is 5.02 Å². The Bertz CT molecular complexity index is 1650. The predicted octanol–water partition coefficient (Wildman–Crippen LogP) is 5.29. The number of pyridine rings is 1. The molecule has 1 amide bonds. The summed E-state index contributed by atoms with van der Waals surface area (Å²) < 4.78 is 35.1. The number of methoxy groups -OCH3 is 1. The molecule has 11 heteroatoms. The molecule has 6 rings (SSSR count). The van der Waals surface area contributed by atoms with Gasteiger partial charge in [-0.25, -0.2) is 18.7 Å². The quantitative estimate of drug-likeness (QED) is 0.328. The van der Waals surface area contributed by atoms with Crippen LogP contribution in [0.4, 0.5) is 20.4 Å². The molecular formula is C26H21ClF2N6O2. The number of aromatic amines is 1. The van der Waals surface area contributed by atoms with Gasteiger partial charge in [-0.1, -0.05) is 17.7 Å². The summed E-state index contributed by atoms with van der Waals surface area (Å²) in [5.74, 6) is -1.14. The predicted molar refractivity (Wildman–Crippen MR) is 137 cm³/mol. The van der Waals surface area contributed by atoms with Crippen molar-refractivity contribution in [2.24, 2.45) is 0 Å². The minimum absolute atomic E-state index is 0.0625. The van der Waals surface area contributed by atoms with Crippen LogP contribution in [-0.4, -0.2) is 51.6 Å². The van der Waals surface area contributed by atoms with Gasteiger partial charge in [0.1, 0.15) is 17.3 Å². The van der Waals surface area contributed by atoms with E-state index in [-0.39, 0.29) is 17.7 Å². The van der Waals surface area contributed by atoms with E-state index in [1.807, 2.05) is 11.0 Å². The number of fused-ring (bicyclic) bond motifs is 2. The van der Waals surface area contributed by atoms with Gasteiger partial charge in [-0.3, -0.25) is 10.1 Å². The van der Waals surface area contributed by atoms with Crippen LogP contribution >= 0.6 is 11.6 Å². The van der Waals surface area contributed by atoms with E-state index in [0.29, 0.717) is 46.0 Å². The van der Waals surface area contributed by atoms with Crippen LogP contribution in [0.1, 0.15) is 16.9 Å². The third kappa shape index (κ3) is 4.49. The van der Waals surface area contributed by atoms with E-state index in [2.05, 4.69) is 20.3 Å². The van der Waals surface area contributed by atoms with Crippen LogP contribution in [-0.2, 0) is 4.74 Å². The zero-order valence-corrected chi connectivity index (χ0v) is 20.4. The molecule has 1 fully saturated rings. The zero-order valence-electron chi connectivity index (χ0n) is 19.6. The van der Waals surface area contributed by atoms with Crippen LogP contribution in [0.5, 0.6) is 0 Å². The van der Waals surface area contributed by atoms with Gasteiger partial charge in [0.2, 0.25) is 5.95 Å². The van der Waals surface area contributed by atoms with E-state index < -0.39 is 17.5 Å². The molecule has 4 heterocycles. The number of hydrogen-bond donors (Lipinski definition) is 2.